The number of rotatable bonds is 4. The number of ether oxygens (including phenoxy) is 2. The minimum absolute atomic E-state index is 0.730. The third-order valence-electron chi connectivity index (χ3n) is 4.87. The lowest BCUT2D eigenvalue weighted by Crippen LogP contribution is -2.36. The molecule has 4 rings (SSSR count). The number of anilines is 2. The molecular weight excluding hydrogens is 428 g/mol. The van der Waals surface area contributed by atoms with Crippen LogP contribution in [-0.2, 0) is 20.6 Å². The number of halogens is 1. The van der Waals surface area contributed by atoms with Gasteiger partial charge in [-0.3, -0.25) is 0 Å². The van der Waals surface area contributed by atoms with E-state index in [9.17, 15) is 4.55 Å². The lowest BCUT2D eigenvalue weighted by molar-refractivity contribution is 0.122. The molecule has 5 nitrogen and oxygen atoms in total. The minimum Gasteiger partial charge on any atom is -0.606 e. The van der Waals surface area contributed by atoms with Gasteiger partial charge >= 0.3 is 0 Å². The summed E-state index contributed by atoms with van der Waals surface area (Å²) in [6, 6.07) is 14.1. The first-order valence-corrected chi connectivity index (χ1v) is 11.1. The fourth-order valence-corrected chi connectivity index (χ4v) is 5.15. The molecule has 0 N–H and O–H groups in total. The summed E-state index contributed by atoms with van der Waals surface area (Å²) < 4.78 is 24.9. The maximum absolute atomic E-state index is 13.1. The smallest absolute Gasteiger partial charge is 0.161 e. The van der Waals surface area contributed by atoms with Crippen molar-refractivity contribution >= 4 is 38.5 Å². The van der Waals surface area contributed by atoms with Gasteiger partial charge in [0.1, 0.15) is 0 Å². The first-order valence-electron chi connectivity index (χ1n) is 9.18. The third-order valence-corrected chi connectivity index (χ3v) is 6.70. The van der Waals surface area contributed by atoms with E-state index < -0.39 is 11.2 Å². The van der Waals surface area contributed by atoms with Crippen molar-refractivity contribution in [2.24, 2.45) is 0 Å². The average molecular weight is 451 g/mol. The molecule has 0 aliphatic carbocycles. The second-order valence-electron chi connectivity index (χ2n) is 6.61. The summed E-state index contributed by atoms with van der Waals surface area (Å²) in [5.41, 5.74) is 2.24. The fraction of sp³-hybridized carbons (Fsp3) is 0.400. The number of hydrogen-bond acceptors (Lipinski definition) is 5. The molecule has 2 aliphatic rings. The lowest BCUT2D eigenvalue weighted by atomic mass is 10.2. The van der Waals surface area contributed by atoms with Gasteiger partial charge in [-0.2, -0.15) is 0 Å². The highest BCUT2D eigenvalue weighted by Crippen LogP contribution is 2.30. The van der Waals surface area contributed by atoms with Crippen molar-refractivity contribution in [1.29, 1.82) is 0 Å². The highest BCUT2D eigenvalue weighted by Gasteiger charge is 2.20. The lowest BCUT2D eigenvalue weighted by Gasteiger charge is -2.29. The van der Waals surface area contributed by atoms with E-state index in [-0.39, 0.29) is 0 Å². The Hall–Kier alpha value is -1.25. The van der Waals surface area contributed by atoms with Gasteiger partial charge in [-0.05, 0) is 30.3 Å². The van der Waals surface area contributed by atoms with E-state index in [1.54, 1.807) is 0 Å². The van der Waals surface area contributed by atoms with Crippen LogP contribution in [0.15, 0.2) is 56.7 Å². The predicted molar refractivity (Wildman–Crippen MR) is 111 cm³/mol. The molecule has 2 fully saturated rings. The third kappa shape index (κ3) is 4.60. The van der Waals surface area contributed by atoms with Crippen LogP contribution in [-0.4, -0.2) is 57.2 Å². The highest BCUT2D eigenvalue weighted by atomic mass is 79.9. The first-order chi connectivity index (χ1) is 13.2. The maximum Gasteiger partial charge on any atom is 0.161 e. The van der Waals surface area contributed by atoms with E-state index >= 15 is 0 Å². The highest BCUT2D eigenvalue weighted by molar-refractivity contribution is 9.10. The Morgan fingerprint density at radius 3 is 1.89 bits per heavy atom. The standard InChI is InChI=1S/C20H23BrN2O3S/c21-16-13-18(23-7-11-26-12-8-23)15-20(14-16)27(24)19-3-1-17(2-4-19)22-5-9-25-10-6-22/h1-4,13-15H,5-12H2. The molecule has 7 heteroatoms. The molecule has 2 aliphatic heterocycles. The molecule has 0 spiro atoms. The van der Waals surface area contributed by atoms with E-state index in [1.807, 2.05) is 24.3 Å². The number of benzene rings is 2. The Morgan fingerprint density at radius 1 is 0.741 bits per heavy atom. The van der Waals surface area contributed by atoms with E-state index in [1.165, 1.54) is 0 Å². The van der Waals surface area contributed by atoms with Crippen LogP contribution < -0.4 is 9.80 Å². The largest absolute Gasteiger partial charge is 0.606 e. The van der Waals surface area contributed by atoms with Gasteiger partial charge in [0, 0.05) is 65.3 Å². The summed E-state index contributed by atoms with van der Waals surface area (Å²) in [5, 5.41) is 0. The van der Waals surface area contributed by atoms with Crippen LogP contribution in [0.4, 0.5) is 11.4 Å². The van der Waals surface area contributed by atoms with Crippen molar-refractivity contribution in [2.45, 2.75) is 9.79 Å². The Bertz CT molecular complexity index is 762. The molecule has 0 radical (unpaired) electrons. The normalized spacial score (nSPS) is 19.2. The van der Waals surface area contributed by atoms with Gasteiger partial charge in [0.05, 0.1) is 26.4 Å². The summed E-state index contributed by atoms with van der Waals surface area (Å²) in [6.45, 7) is 6.50. The van der Waals surface area contributed by atoms with Crippen LogP contribution in [0.3, 0.4) is 0 Å². The second kappa shape index (κ2) is 8.84. The SMILES string of the molecule is [O-][S+](c1ccc(N2CCOCC2)cc1)c1cc(Br)cc(N2CCOCC2)c1. The molecule has 0 bridgehead atoms. The quantitative estimate of drug-likeness (QED) is 0.668. The second-order valence-corrected chi connectivity index (χ2v) is 9.00. The zero-order valence-electron chi connectivity index (χ0n) is 15.1. The predicted octanol–water partition coefficient (Wildman–Crippen LogP) is 3.29. The van der Waals surface area contributed by atoms with Gasteiger partial charge in [0.15, 0.2) is 9.79 Å². The Balaban J connectivity index is 1.53. The molecule has 144 valence electrons. The van der Waals surface area contributed by atoms with Crippen molar-refractivity contribution in [1.82, 2.24) is 0 Å². The summed E-state index contributed by atoms with van der Waals surface area (Å²) >= 11 is 2.36. The minimum atomic E-state index is -1.22. The summed E-state index contributed by atoms with van der Waals surface area (Å²) in [7, 11) is 0. The molecule has 2 saturated heterocycles. The molecule has 2 aromatic rings. The molecule has 0 aromatic heterocycles. The fourth-order valence-electron chi connectivity index (χ4n) is 3.40. The molecule has 0 amide bonds. The molecule has 27 heavy (non-hydrogen) atoms. The number of nitrogens with zero attached hydrogens (tertiary/aromatic N) is 2. The van der Waals surface area contributed by atoms with Gasteiger partial charge < -0.3 is 23.8 Å². The number of morpholine rings is 2. The summed E-state index contributed by atoms with van der Waals surface area (Å²) in [6.07, 6.45) is 0. The van der Waals surface area contributed by atoms with Crippen LogP contribution in [0.25, 0.3) is 0 Å². The molecule has 1 atom stereocenters. The van der Waals surface area contributed by atoms with Gasteiger partial charge in [-0.15, -0.1) is 0 Å². The average Bonchev–Trinajstić information content (AvgIpc) is 2.74. The van der Waals surface area contributed by atoms with Gasteiger partial charge in [-0.1, -0.05) is 15.9 Å². The summed E-state index contributed by atoms with van der Waals surface area (Å²) in [5.74, 6) is 0. The van der Waals surface area contributed by atoms with Gasteiger partial charge in [-0.25, -0.2) is 0 Å². The van der Waals surface area contributed by atoms with E-state index in [0.29, 0.717) is 0 Å². The van der Waals surface area contributed by atoms with Crippen LogP contribution in [0, 0.1) is 0 Å². The van der Waals surface area contributed by atoms with Crippen LogP contribution in [0.1, 0.15) is 0 Å². The van der Waals surface area contributed by atoms with Crippen molar-refractivity contribution in [3.05, 3.63) is 46.9 Å². The number of hydrogen-bond donors (Lipinski definition) is 0. The molecular formula is C20H23BrN2O3S. The Morgan fingerprint density at radius 2 is 1.30 bits per heavy atom. The van der Waals surface area contributed by atoms with Crippen LogP contribution in [0.2, 0.25) is 0 Å². The van der Waals surface area contributed by atoms with Crippen molar-refractivity contribution in [3.63, 3.8) is 0 Å². The zero-order valence-corrected chi connectivity index (χ0v) is 17.5. The first kappa shape index (κ1) is 19.1. The Labute approximate surface area is 171 Å². The van der Waals surface area contributed by atoms with Crippen molar-refractivity contribution in [3.8, 4) is 0 Å². The van der Waals surface area contributed by atoms with Crippen molar-refractivity contribution in [2.75, 3.05) is 62.4 Å². The Kier molecular flexibility index (Phi) is 6.24. The monoisotopic (exact) mass is 450 g/mol. The van der Waals surface area contributed by atoms with Crippen LogP contribution >= 0.6 is 15.9 Å². The van der Waals surface area contributed by atoms with Crippen molar-refractivity contribution < 1.29 is 14.0 Å². The summed E-state index contributed by atoms with van der Waals surface area (Å²) in [4.78, 5) is 6.20. The van der Waals surface area contributed by atoms with Gasteiger partial charge in [0.2, 0.25) is 0 Å². The van der Waals surface area contributed by atoms with E-state index in [0.717, 1.165) is 78.2 Å². The van der Waals surface area contributed by atoms with Gasteiger partial charge in [0.25, 0.3) is 0 Å². The molecule has 2 heterocycles. The molecule has 1 unspecified atom stereocenters. The van der Waals surface area contributed by atoms with Crippen LogP contribution in [0.5, 0.6) is 0 Å². The zero-order chi connectivity index (χ0) is 18.6. The molecule has 2 aromatic carbocycles. The van der Waals surface area contributed by atoms with E-state index in [2.05, 4.69) is 43.9 Å². The maximum atomic E-state index is 13.1. The molecule has 0 saturated carbocycles. The topological polar surface area (TPSA) is 48.0 Å². The van der Waals surface area contributed by atoms with E-state index in [4.69, 9.17) is 9.47 Å².